The number of carbonyl (C=O) groups excluding carboxylic acids is 2. The number of aliphatic hydroxyl groups excluding tert-OH is 1. The molecule has 1 aromatic rings. The summed E-state index contributed by atoms with van der Waals surface area (Å²) in [6.07, 6.45) is 2.69. The van der Waals surface area contributed by atoms with Crippen molar-refractivity contribution in [3.05, 3.63) is 42.0 Å². The molecule has 0 aliphatic carbocycles. The van der Waals surface area contributed by atoms with Crippen LogP contribution in [0.25, 0.3) is 0 Å². The molecule has 3 fully saturated rings. The summed E-state index contributed by atoms with van der Waals surface area (Å²) in [7, 11) is 0. The standard InChI is InChI=1S/C25H32N2O5S/c1-5-10-26(20-14(2)8-6-9-15(20)3)23(30)21-25-16(4)13-17(33-25)18(24(31)32)19(25)22(29)27(21)11-7-12-28/h5-6,8-9,16-19,21,28H,1,7,10-13H2,2-4H3,(H,31,32)/t16?,17-,18+,19-,21?,25?/m0/s1. The van der Waals surface area contributed by atoms with Gasteiger partial charge in [-0.05, 0) is 43.7 Å². The molecule has 3 aliphatic rings. The quantitative estimate of drug-likeness (QED) is 0.565. The summed E-state index contributed by atoms with van der Waals surface area (Å²) in [6, 6.07) is 5.07. The van der Waals surface area contributed by atoms with E-state index in [4.69, 9.17) is 0 Å². The Labute approximate surface area is 198 Å². The number of carboxylic acids is 1. The minimum atomic E-state index is -0.965. The number of likely N-dealkylation sites (tertiary alicyclic amines) is 1. The number of nitrogens with zero attached hydrogens (tertiary/aromatic N) is 2. The second-order valence-electron chi connectivity index (χ2n) is 9.48. The topological polar surface area (TPSA) is 98.2 Å². The Bertz CT molecular complexity index is 977. The minimum absolute atomic E-state index is 0.0219. The summed E-state index contributed by atoms with van der Waals surface area (Å²) >= 11 is 1.53. The first kappa shape index (κ1) is 23.8. The monoisotopic (exact) mass is 472 g/mol. The number of rotatable bonds is 8. The molecule has 1 spiro atoms. The number of aliphatic carboxylic acids is 1. The van der Waals surface area contributed by atoms with Crippen molar-refractivity contribution < 1.29 is 24.6 Å². The molecule has 3 heterocycles. The molecule has 2 N–H and O–H groups in total. The van der Waals surface area contributed by atoms with E-state index in [1.807, 2.05) is 39.0 Å². The summed E-state index contributed by atoms with van der Waals surface area (Å²) in [5.74, 6) is -2.93. The van der Waals surface area contributed by atoms with Crippen LogP contribution in [0, 0.1) is 31.6 Å². The van der Waals surface area contributed by atoms with Gasteiger partial charge < -0.3 is 20.0 Å². The number of amides is 2. The molecule has 3 saturated heterocycles. The predicted octanol–water partition coefficient (Wildman–Crippen LogP) is 2.63. The lowest BCUT2D eigenvalue weighted by atomic mass is 9.66. The maximum Gasteiger partial charge on any atom is 0.308 e. The maximum atomic E-state index is 14.4. The Balaban J connectivity index is 1.85. The van der Waals surface area contributed by atoms with Crippen molar-refractivity contribution >= 4 is 35.2 Å². The molecule has 1 aromatic carbocycles. The van der Waals surface area contributed by atoms with Gasteiger partial charge in [0.2, 0.25) is 5.91 Å². The van der Waals surface area contributed by atoms with Gasteiger partial charge in [-0.25, -0.2) is 0 Å². The third kappa shape index (κ3) is 3.41. The molecule has 7 nitrogen and oxygen atoms in total. The van der Waals surface area contributed by atoms with E-state index in [2.05, 4.69) is 6.58 Å². The third-order valence-corrected chi connectivity index (χ3v) is 9.69. The molecule has 0 radical (unpaired) electrons. The number of hydrogen-bond donors (Lipinski definition) is 2. The van der Waals surface area contributed by atoms with Gasteiger partial charge in [0, 0.05) is 30.6 Å². The van der Waals surface area contributed by atoms with Crippen LogP contribution in [-0.4, -0.2) is 68.6 Å². The zero-order valence-corrected chi connectivity index (χ0v) is 20.2. The fourth-order valence-corrected chi connectivity index (χ4v) is 8.77. The average molecular weight is 473 g/mol. The number of benzene rings is 1. The summed E-state index contributed by atoms with van der Waals surface area (Å²) < 4.78 is -0.784. The fourth-order valence-electron chi connectivity index (χ4n) is 6.36. The number of para-hydroxylation sites is 1. The molecule has 3 unspecified atom stereocenters. The largest absolute Gasteiger partial charge is 0.481 e. The number of carbonyl (C=O) groups is 3. The van der Waals surface area contributed by atoms with E-state index in [0.717, 1.165) is 16.8 Å². The molecular formula is C25H32N2O5S. The van der Waals surface area contributed by atoms with Crippen molar-refractivity contribution in [1.29, 1.82) is 0 Å². The SMILES string of the molecule is C=CCN(C(=O)C1N(CCCO)C(=O)[C@@H]2[C@H](C(=O)O)[C@@H]3CC(C)C12S3)c1c(C)cccc1C. The van der Waals surface area contributed by atoms with Crippen LogP contribution in [0.3, 0.4) is 0 Å². The van der Waals surface area contributed by atoms with E-state index in [-0.39, 0.29) is 42.7 Å². The van der Waals surface area contributed by atoms with Crippen LogP contribution < -0.4 is 4.90 Å². The van der Waals surface area contributed by atoms with Gasteiger partial charge >= 0.3 is 5.97 Å². The van der Waals surface area contributed by atoms with Crippen molar-refractivity contribution in [3.63, 3.8) is 0 Å². The van der Waals surface area contributed by atoms with Crippen molar-refractivity contribution in [1.82, 2.24) is 4.90 Å². The third-order valence-electron chi connectivity index (χ3n) is 7.61. The Morgan fingerprint density at radius 3 is 2.58 bits per heavy atom. The molecule has 3 aliphatic heterocycles. The first-order valence-electron chi connectivity index (χ1n) is 11.5. The van der Waals surface area contributed by atoms with Crippen LogP contribution in [0.2, 0.25) is 0 Å². The first-order valence-corrected chi connectivity index (χ1v) is 12.4. The molecule has 2 amide bonds. The molecule has 178 valence electrons. The highest BCUT2D eigenvalue weighted by molar-refractivity contribution is 8.02. The number of aliphatic hydroxyl groups is 1. The van der Waals surface area contributed by atoms with Gasteiger partial charge in [0.05, 0.1) is 16.6 Å². The highest BCUT2D eigenvalue weighted by Gasteiger charge is 2.76. The predicted molar refractivity (Wildman–Crippen MR) is 128 cm³/mol. The van der Waals surface area contributed by atoms with Gasteiger partial charge in [-0.1, -0.05) is 31.2 Å². The summed E-state index contributed by atoms with van der Waals surface area (Å²) in [4.78, 5) is 43.5. The average Bonchev–Trinajstić information content (AvgIpc) is 3.34. The van der Waals surface area contributed by atoms with E-state index in [9.17, 15) is 24.6 Å². The van der Waals surface area contributed by atoms with E-state index in [1.165, 1.54) is 11.8 Å². The maximum absolute atomic E-state index is 14.4. The normalized spacial score (nSPS) is 32.2. The Hall–Kier alpha value is -2.32. The minimum Gasteiger partial charge on any atom is -0.481 e. The summed E-state index contributed by atoms with van der Waals surface area (Å²) in [5.41, 5.74) is 2.70. The van der Waals surface area contributed by atoms with Gasteiger partial charge in [-0.3, -0.25) is 14.4 Å². The van der Waals surface area contributed by atoms with Crippen LogP contribution in [0.15, 0.2) is 30.9 Å². The highest BCUT2D eigenvalue weighted by atomic mass is 32.2. The number of aryl methyl sites for hydroxylation is 2. The van der Waals surface area contributed by atoms with Gasteiger partial charge in [0.25, 0.3) is 5.91 Å². The number of carboxylic acid groups (broad SMARTS) is 1. The zero-order chi connectivity index (χ0) is 24.1. The van der Waals surface area contributed by atoms with Crippen molar-refractivity contribution in [2.24, 2.45) is 17.8 Å². The van der Waals surface area contributed by atoms with Gasteiger partial charge in [-0.2, -0.15) is 0 Å². The van der Waals surface area contributed by atoms with Crippen LogP contribution in [0.1, 0.15) is 30.9 Å². The number of anilines is 1. The van der Waals surface area contributed by atoms with Gasteiger partial charge in [0.15, 0.2) is 0 Å². The molecule has 4 rings (SSSR count). The summed E-state index contributed by atoms with van der Waals surface area (Å²) in [6.45, 7) is 10.2. The smallest absolute Gasteiger partial charge is 0.308 e. The van der Waals surface area contributed by atoms with Crippen molar-refractivity contribution in [3.8, 4) is 0 Å². The second-order valence-corrected chi connectivity index (χ2v) is 11.0. The van der Waals surface area contributed by atoms with E-state index in [1.54, 1.807) is 15.9 Å². The molecule has 2 bridgehead atoms. The zero-order valence-electron chi connectivity index (χ0n) is 19.4. The van der Waals surface area contributed by atoms with E-state index in [0.29, 0.717) is 12.8 Å². The van der Waals surface area contributed by atoms with Crippen LogP contribution in [0.4, 0.5) is 5.69 Å². The Morgan fingerprint density at radius 1 is 1.33 bits per heavy atom. The first-order chi connectivity index (χ1) is 15.7. The van der Waals surface area contributed by atoms with E-state index < -0.39 is 28.6 Å². The molecule has 6 atom stereocenters. The highest BCUT2D eigenvalue weighted by Crippen LogP contribution is 2.68. The van der Waals surface area contributed by atoms with Gasteiger partial charge in [-0.15, -0.1) is 18.3 Å². The Morgan fingerprint density at radius 2 is 2.00 bits per heavy atom. The van der Waals surface area contributed by atoms with E-state index >= 15 is 0 Å². The molecule has 8 heteroatoms. The van der Waals surface area contributed by atoms with Crippen molar-refractivity contribution in [2.45, 2.75) is 49.7 Å². The Kier molecular flexibility index (Phi) is 6.35. The molecular weight excluding hydrogens is 440 g/mol. The molecule has 0 saturated carbocycles. The van der Waals surface area contributed by atoms with Crippen LogP contribution >= 0.6 is 11.8 Å². The second kappa shape index (κ2) is 8.80. The van der Waals surface area contributed by atoms with Gasteiger partial charge in [0.1, 0.15) is 6.04 Å². The number of hydrogen-bond acceptors (Lipinski definition) is 5. The van der Waals surface area contributed by atoms with Crippen LogP contribution in [0.5, 0.6) is 0 Å². The molecule has 0 aromatic heterocycles. The summed E-state index contributed by atoms with van der Waals surface area (Å²) in [5, 5.41) is 19.3. The number of fused-ring (bicyclic) bond motifs is 1. The van der Waals surface area contributed by atoms with Crippen LogP contribution in [-0.2, 0) is 14.4 Å². The lowest BCUT2D eigenvalue weighted by Crippen LogP contribution is -2.57. The lowest BCUT2D eigenvalue weighted by Gasteiger charge is -2.40. The number of thioether (sulfide) groups is 1. The fraction of sp³-hybridized carbons (Fsp3) is 0.560. The lowest BCUT2D eigenvalue weighted by molar-refractivity contribution is -0.149. The molecule has 33 heavy (non-hydrogen) atoms. The van der Waals surface area contributed by atoms with Crippen molar-refractivity contribution in [2.75, 3.05) is 24.6 Å².